The molecule has 0 aliphatic heterocycles. The van der Waals surface area contributed by atoms with Gasteiger partial charge in [0.05, 0.1) is 10.1 Å². The van der Waals surface area contributed by atoms with Gasteiger partial charge in [-0.05, 0) is 73.9 Å². The van der Waals surface area contributed by atoms with E-state index in [9.17, 15) is 16.8 Å². The van der Waals surface area contributed by atoms with E-state index in [-0.39, 0.29) is 16.7 Å². The van der Waals surface area contributed by atoms with Crippen LogP contribution in [-0.4, -0.2) is 32.1 Å². The first kappa shape index (κ1) is 26.6. The second-order valence-electron chi connectivity index (χ2n) is 9.24. The van der Waals surface area contributed by atoms with Crippen molar-refractivity contribution in [3.63, 3.8) is 0 Å². The van der Waals surface area contributed by atoms with Crippen molar-refractivity contribution >= 4 is 48.9 Å². The molecule has 3 aromatic carbocycles. The van der Waals surface area contributed by atoms with Crippen LogP contribution in [0.4, 0.5) is 28.8 Å². The van der Waals surface area contributed by atoms with Gasteiger partial charge in [-0.25, -0.2) is 26.5 Å². The highest BCUT2D eigenvalue weighted by atomic mass is 32.2. The highest BCUT2D eigenvalue weighted by Gasteiger charge is 2.35. The Bertz CT molecular complexity index is 1680. The van der Waals surface area contributed by atoms with Crippen LogP contribution < -0.4 is 20.1 Å². The Kier molecular flexibility index (Phi) is 7.51. The highest BCUT2D eigenvalue weighted by Crippen LogP contribution is 2.28. The Labute approximate surface area is 228 Å². The molecule has 1 heterocycles. The number of nitrogens with zero attached hydrogens (tertiary/aromatic N) is 2. The van der Waals surface area contributed by atoms with Crippen molar-refractivity contribution in [2.24, 2.45) is 0 Å². The first-order valence-corrected chi connectivity index (χ1v) is 15.3. The number of aryl methyl sites for hydroxylation is 1. The van der Waals surface area contributed by atoms with Crippen LogP contribution in [-0.2, 0) is 26.6 Å². The molecule has 0 bridgehead atoms. The number of rotatable bonds is 11. The number of anilines is 5. The zero-order valence-corrected chi connectivity index (χ0v) is 22.8. The van der Waals surface area contributed by atoms with Gasteiger partial charge in [0.25, 0.3) is 10.0 Å². The molecule has 0 unspecified atom stereocenters. The molecule has 10 nitrogen and oxygen atoms in total. The van der Waals surface area contributed by atoms with Crippen molar-refractivity contribution in [2.75, 3.05) is 15.4 Å². The van der Waals surface area contributed by atoms with Crippen LogP contribution in [0.5, 0.6) is 0 Å². The highest BCUT2D eigenvalue weighted by molar-refractivity contribution is 7.92. The summed E-state index contributed by atoms with van der Waals surface area (Å²) in [5, 5.41) is 6.10. The molecule has 12 heteroatoms. The standard InChI is InChI=1S/C27H28N6O4S2/c1-19-17-28-27(31-21-10-12-25(13-11-21)39(36,37)33-22-7-3-2-4-8-22)32-26(19)30-23-9-5-6-20(16-23)18-29-38(34,35)24-14-15-24/h2-13,16-17,24,29,33H,14-15,18H2,1H3,(H2,28,30,31,32). The summed E-state index contributed by atoms with van der Waals surface area (Å²) in [7, 11) is -6.98. The number of nitrogens with one attached hydrogen (secondary N) is 4. The van der Waals surface area contributed by atoms with Gasteiger partial charge in [0.2, 0.25) is 16.0 Å². The molecular formula is C27H28N6O4S2. The Morgan fingerprint density at radius 2 is 1.54 bits per heavy atom. The van der Waals surface area contributed by atoms with E-state index < -0.39 is 20.0 Å². The lowest BCUT2D eigenvalue weighted by Gasteiger charge is -2.13. The normalized spacial score (nSPS) is 13.6. The minimum Gasteiger partial charge on any atom is -0.340 e. The van der Waals surface area contributed by atoms with Crippen molar-refractivity contribution in [3.8, 4) is 0 Å². The summed E-state index contributed by atoms with van der Waals surface area (Å²) < 4.78 is 54.8. The fraction of sp³-hybridized carbons (Fsp3) is 0.185. The molecule has 1 saturated carbocycles. The number of sulfonamides is 2. The minimum atomic E-state index is -3.72. The van der Waals surface area contributed by atoms with E-state index in [0.29, 0.717) is 23.1 Å². The molecular weight excluding hydrogens is 536 g/mol. The van der Waals surface area contributed by atoms with Gasteiger partial charge < -0.3 is 10.6 Å². The maximum atomic E-state index is 12.7. The lowest BCUT2D eigenvalue weighted by Crippen LogP contribution is -2.26. The fourth-order valence-electron chi connectivity index (χ4n) is 3.77. The average molecular weight is 565 g/mol. The van der Waals surface area contributed by atoms with Crippen LogP contribution in [0, 0.1) is 6.92 Å². The van der Waals surface area contributed by atoms with Gasteiger partial charge in [-0.15, -0.1) is 0 Å². The molecule has 0 radical (unpaired) electrons. The minimum absolute atomic E-state index is 0.128. The largest absolute Gasteiger partial charge is 0.340 e. The predicted octanol–water partition coefficient (Wildman–Crippen LogP) is 4.65. The zero-order valence-electron chi connectivity index (χ0n) is 21.1. The van der Waals surface area contributed by atoms with Crippen molar-refractivity contribution in [1.82, 2.24) is 14.7 Å². The Morgan fingerprint density at radius 1 is 0.821 bits per heavy atom. The van der Waals surface area contributed by atoms with Crippen molar-refractivity contribution < 1.29 is 16.8 Å². The summed E-state index contributed by atoms with van der Waals surface area (Å²) in [5.41, 5.74) is 3.50. The van der Waals surface area contributed by atoms with E-state index in [0.717, 1.165) is 29.7 Å². The summed E-state index contributed by atoms with van der Waals surface area (Å²) in [4.78, 5) is 9.02. The second kappa shape index (κ2) is 11.0. The van der Waals surface area contributed by atoms with Crippen molar-refractivity contribution in [3.05, 3.63) is 96.2 Å². The lowest BCUT2D eigenvalue weighted by atomic mass is 10.2. The molecule has 1 aliphatic carbocycles. The van der Waals surface area contributed by atoms with E-state index >= 15 is 0 Å². The van der Waals surface area contributed by atoms with Crippen molar-refractivity contribution in [2.45, 2.75) is 36.5 Å². The predicted molar refractivity (Wildman–Crippen MR) is 152 cm³/mol. The van der Waals surface area contributed by atoms with E-state index in [1.54, 1.807) is 42.6 Å². The third-order valence-corrected chi connectivity index (χ3v) is 9.34. The SMILES string of the molecule is Cc1cnc(Nc2ccc(S(=O)(=O)Nc3ccccc3)cc2)nc1Nc1cccc(CNS(=O)(=O)C2CC2)c1. The van der Waals surface area contributed by atoms with Crippen molar-refractivity contribution in [1.29, 1.82) is 0 Å². The van der Waals surface area contributed by atoms with Gasteiger partial charge in [0.1, 0.15) is 5.82 Å². The number of hydrogen-bond donors (Lipinski definition) is 4. The molecule has 39 heavy (non-hydrogen) atoms. The van der Waals surface area contributed by atoms with E-state index in [4.69, 9.17) is 0 Å². The first-order valence-electron chi connectivity index (χ1n) is 12.3. The Hall–Kier alpha value is -4.00. The number of hydrogen-bond acceptors (Lipinski definition) is 8. The smallest absolute Gasteiger partial charge is 0.261 e. The van der Waals surface area contributed by atoms with E-state index in [1.165, 1.54) is 12.1 Å². The van der Waals surface area contributed by atoms with Crippen LogP contribution in [0.2, 0.25) is 0 Å². The molecule has 0 amide bonds. The molecule has 0 atom stereocenters. The zero-order chi connectivity index (χ0) is 27.5. The van der Waals surface area contributed by atoms with Gasteiger partial charge >= 0.3 is 0 Å². The number of benzene rings is 3. The fourth-order valence-corrected chi connectivity index (χ4v) is 6.19. The van der Waals surface area contributed by atoms with Crippen LogP contribution >= 0.6 is 0 Å². The molecule has 4 N–H and O–H groups in total. The van der Waals surface area contributed by atoms with E-state index in [1.807, 2.05) is 37.3 Å². The van der Waals surface area contributed by atoms with Crippen LogP contribution in [0.3, 0.4) is 0 Å². The van der Waals surface area contributed by atoms with Crippen LogP contribution in [0.25, 0.3) is 0 Å². The van der Waals surface area contributed by atoms with Gasteiger partial charge in [-0.3, -0.25) is 4.72 Å². The van der Waals surface area contributed by atoms with E-state index in [2.05, 4.69) is 30.0 Å². The molecule has 1 aliphatic rings. The topological polar surface area (TPSA) is 142 Å². The van der Waals surface area contributed by atoms with Gasteiger partial charge in [-0.2, -0.15) is 4.98 Å². The quantitative estimate of drug-likeness (QED) is 0.206. The molecule has 1 aromatic heterocycles. The van der Waals surface area contributed by atoms with Gasteiger partial charge in [0, 0.05) is 35.4 Å². The summed E-state index contributed by atoms with van der Waals surface area (Å²) in [5.74, 6) is 0.906. The monoisotopic (exact) mass is 564 g/mol. The second-order valence-corrected chi connectivity index (χ2v) is 13.0. The molecule has 5 rings (SSSR count). The van der Waals surface area contributed by atoms with Gasteiger partial charge in [0.15, 0.2) is 0 Å². The average Bonchev–Trinajstić information content (AvgIpc) is 3.77. The molecule has 1 fully saturated rings. The third-order valence-electron chi connectivity index (χ3n) is 6.05. The third kappa shape index (κ3) is 6.91. The Balaban J connectivity index is 1.25. The van der Waals surface area contributed by atoms with Crippen LogP contribution in [0.15, 0.2) is 90.0 Å². The summed E-state index contributed by atoms with van der Waals surface area (Å²) in [6.45, 7) is 2.09. The van der Waals surface area contributed by atoms with Gasteiger partial charge in [-0.1, -0.05) is 30.3 Å². The maximum Gasteiger partial charge on any atom is 0.261 e. The molecule has 202 valence electrons. The summed E-state index contributed by atoms with van der Waals surface area (Å²) in [6.07, 6.45) is 3.11. The molecule has 0 saturated heterocycles. The Morgan fingerprint density at radius 3 is 2.26 bits per heavy atom. The lowest BCUT2D eigenvalue weighted by molar-refractivity contribution is 0.580. The summed E-state index contributed by atoms with van der Waals surface area (Å²) in [6, 6.07) is 22.4. The number of aromatic nitrogens is 2. The first-order chi connectivity index (χ1) is 18.7. The molecule has 0 spiro atoms. The summed E-state index contributed by atoms with van der Waals surface area (Å²) >= 11 is 0. The number of para-hydroxylation sites is 1. The maximum absolute atomic E-state index is 12.7. The van der Waals surface area contributed by atoms with Crippen LogP contribution in [0.1, 0.15) is 24.0 Å². The molecule has 4 aromatic rings.